The average Bonchev–Trinajstić information content (AvgIpc) is 3.18. The van der Waals surface area contributed by atoms with Gasteiger partial charge in [-0.25, -0.2) is 4.99 Å². The van der Waals surface area contributed by atoms with Crippen LogP contribution in [0.1, 0.15) is 37.8 Å². The Kier molecular flexibility index (Phi) is 9.72. The minimum atomic E-state index is 0. The molecule has 1 aliphatic rings. The number of guanidine groups is 1. The summed E-state index contributed by atoms with van der Waals surface area (Å²) < 4.78 is 10.8. The fourth-order valence-corrected chi connectivity index (χ4v) is 2.95. The molecule has 1 heterocycles. The lowest BCUT2D eigenvalue weighted by atomic mass is 10.2. The highest BCUT2D eigenvalue weighted by Crippen LogP contribution is 2.32. The van der Waals surface area contributed by atoms with Crippen LogP contribution in [0.2, 0.25) is 0 Å². The number of carbonyl (C=O) groups is 1. The van der Waals surface area contributed by atoms with Gasteiger partial charge >= 0.3 is 0 Å². The molecule has 3 rings (SSSR count). The lowest BCUT2D eigenvalue weighted by Gasteiger charge is -2.12. The molecule has 2 aromatic carbocycles. The van der Waals surface area contributed by atoms with Crippen molar-refractivity contribution >= 4 is 41.5 Å². The normalized spacial score (nSPS) is 12.1. The summed E-state index contributed by atoms with van der Waals surface area (Å²) in [6.07, 6.45) is 1.35. The molecule has 3 N–H and O–H groups in total. The van der Waals surface area contributed by atoms with Crippen molar-refractivity contribution in [3.05, 3.63) is 53.6 Å². The van der Waals surface area contributed by atoms with E-state index in [9.17, 15) is 4.79 Å². The van der Waals surface area contributed by atoms with Gasteiger partial charge in [0, 0.05) is 25.2 Å². The molecule has 0 fully saturated rings. The van der Waals surface area contributed by atoms with E-state index in [1.807, 2.05) is 56.3 Å². The zero-order valence-corrected chi connectivity index (χ0v) is 19.7. The minimum absolute atomic E-state index is 0. The molecule has 0 unspecified atom stereocenters. The topological polar surface area (TPSA) is 84.0 Å². The number of rotatable bonds is 8. The summed E-state index contributed by atoms with van der Waals surface area (Å²) in [4.78, 5) is 16.4. The maximum atomic E-state index is 11.8. The van der Waals surface area contributed by atoms with Gasteiger partial charge in [-0.1, -0.05) is 25.1 Å². The van der Waals surface area contributed by atoms with E-state index in [0.717, 1.165) is 47.2 Å². The smallest absolute Gasteiger partial charge is 0.231 e. The number of ether oxygens (including phenoxy) is 2. The van der Waals surface area contributed by atoms with Crippen LogP contribution in [-0.4, -0.2) is 25.2 Å². The van der Waals surface area contributed by atoms with Crippen LogP contribution in [-0.2, 0) is 17.9 Å². The molecule has 0 spiro atoms. The first kappa shape index (κ1) is 23.8. The summed E-state index contributed by atoms with van der Waals surface area (Å²) in [5.74, 6) is 2.31. The highest BCUT2D eigenvalue weighted by atomic mass is 127. The van der Waals surface area contributed by atoms with E-state index in [-0.39, 0.29) is 36.7 Å². The van der Waals surface area contributed by atoms with Gasteiger partial charge in [0.25, 0.3) is 0 Å². The second-order valence-electron chi connectivity index (χ2n) is 6.73. The van der Waals surface area contributed by atoms with Gasteiger partial charge in [-0.3, -0.25) is 4.79 Å². The quantitative estimate of drug-likeness (QED) is 0.276. The number of nitrogens with zero attached hydrogens (tertiary/aromatic N) is 1. The Morgan fingerprint density at radius 3 is 2.67 bits per heavy atom. The lowest BCUT2D eigenvalue weighted by Crippen LogP contribution is -2.36. The van der Waals surface area contributed by atoms with Crippen molar-refractivity contribution in [1.29, 1.82) is 0 Å². The van der Waals surface area contributed by atoms with Crippen LogP contribution in [0.15, 0.2) is 47.5 Å². The Hall–Kier alpha value is -2.49. The number of carbonyl (C=O) groups excluding carboxylic acids is 1. The fourth-order valence-electron chi connectivity index (χ4n) is 2.95. The van der Waals surface area contributed by atoms with Gasteiger partial charge in [0.1, 0.15) is 0 Å². The number of anilines is 1. The third-order valence-corrected chi connectivity index (χ3v) is 4.35. The number of amides is 1. The summed E-state index contributed by atoms with van der Waals surface area (Å²) >= 11 is 0. The van der Waals surface area contributed by atoms with Gasteiger partial charge in [0.15, 0.2) is 17.5 Å². The third-order valence-electron chi connectivity index (χ3n) is 4.35. The number of fused-ring (bicyclic) bond motifs is 1. The van der Waals surface area contributed by atoms with Crippen LogP contribution in [0, 0.1) is 0 Å². The first-order valence-corrected chi connectivity index (χ1v) is 9.97. The predicted octanol–water partition coefficient (Wildman–Crippen LogP) is 4.03. The fraction of sp³-hybridized carbons (Fsp3) is 0.364. The zero-order chi connectivity index (χ0) is 20.5. The molecule has 0 atom stereocenters. The van der Waals surface area contributed by atoms with Crippen LogP contribution >= 0.6 is 24.0 Å². The Morgan fingerprint density at radius 1 is 1.03 bits per heavy atom. The summed E-state index contributed by atoms with van der Waals surface area (Å²) in [7, 11) is 0. The minimum Gasteiger partial charge on any atom is -0.454 e. The van der Waals surface area contributed by atoms with Crippen molar-refractivity contribution < 1.29 is 14.3 Å². The summed E-state index contributed by atoms with van der Waals surface area (Å²) in [5.41, 5.74) is 2.91. The highest BCUT2D eigenvalue weighted by Gasteiger charge is 2.13. The maximum Gasteiger partial charge on any atom is 0.231 e. The molecule has 8 heteroatoms. The van der Waals surface area contributed by atoms with E-state index < -0.39 is 0 Å². The lowest BCUT2D eigenvalue weighted by molar-refractivity contribution is -0.116. The Morgan fingerprint density at radius 2 is 1.87 bits per heavy atom. The molecule has 7 nitrogen and oxygen atoms in total. The van der Waals surface area contributed by atoms with E-state index in [0.29, 0.717) is 19.5 Å². The van der Waals surface area contributed by atoms with Crippen molar-refractivity contribution in [3.8, 4) is 11.5 Å². The molecule has 1 aliphatic heterocycles. The van der Waals surface area contributed by atoms with E-state index >= 15 is 0 Å². The van der Waals surface area contributed by atoms with Gasteiger partial charge in [-0.05, 0) is 48.7 Å². The molecule has 1 amide bonds. The molecule has 0 bridgehead atoms. The van der Waals surface area contributed by atoms with E-state index in [2.05, 4.69) is 20.9 Å². The highest BCUT2D eigenvalue weighted by molar-refractivity contribution is 14.0. The van der Waals surface area contributed by atoms with Gasteiger partial charge in [0.05, 0.1) is 6.54 Å². The van der Waals surface area contributed by atoms with E-state index in [4.69, 9.17) is 9.47 Å². The monoisotopic (exact) mass is 524 g/mol. The molecular weight excluding hydrogens is 495 g/mol. The van der Waals surface area contributed by atoms with Gasteiger partial charge < -0.3 is 25.4 Å². The molecule has 0 saturated carbocycles. The largest absolute Gasteiger partial charge is 0.454 e. The Labute approximate surface area is 194 Å². The molecule has 0 radical (unpaired) electrons. The molecule has 0 aromatic heterocycles. The van der Waals surface area contributed by atoms with Gasteiger partial charge in [0.2, 0.25) is 12.7 Å². The third kappa shape index (κ3) is 7.08. The van der Waals surface area contributed by atoms with Crippen LogP contribution < -0.4 is 25.4 Å². The van der Waals surface area contributed by atoms with Crippen molar-refractivity contribution in [3.63, 3.8) is 0 Å². The number of hydrogen-bond donors (Lipinski definition) is 3. The van der Waals surface area contributed by atoms with Crippen LogP contribution in [0.4, 0.5) is 5.69 Å². The maximum absolute atomic E-state index is 11.8. The van der Waals surface area contributed by atoms with Crippen molar-refractivity contribution in [2.75, 3.05) is 18.7 Å². The van der Waals surface area contributed by atoms with E-state index in [1.54, 1.807) is 0 Å². The molecule has 30 heavy (non-hydrogen) atoms. The number of nitrogens with one attached hydrogen (secondary N) is 3. The number of aliphatic imine (C=N–C) groups is 1. The first-order chi connectivity index (χ1) is 14.2. The van der Waals surface area contributed by atoms with Crippen LogP contribution in [0.3, 0.4) is 0 Å². The number of halogens is 1. The van der Waals surface area contributed by atoms with Crippen molar-refractivity contribution in [1.82, 2.24) is 10.6 Å². The van der Waals surface area contributed by atoms with Crippen LogP contribution in [0.25, 0.3) is 0 Å². The van der Waals surface area contributed by atoms with E-state index in [1.165, 1.54) is 0 Å². The van der Waals surface area contributed by atoms with Crippen LogP contribution in [0.5, 0.6) is 11.5 Å². The summed E-state index contributed by atoms with van der Waals surface area (Å²) in [6, 6.07) is 13.7. The Balaban J connectivity index is 0.00000320. The van der Waals surface area contributed by atoms with Crippen molar-refractivity contribution in [2.24, 2.45) is 4.99 Å². The summed E-state index contributed by atoms with van der Waals surface area (Å²) in [5, 5.41) is 9.51. The number of hydrogen-bond acceptors (Lipinski definition) is 4. The number of benzene rings is 2. The second kappa shape index (κ2) is 12.3. The zero-order valence-electron chi connectivity index (χ0n) is 17.4. The van der Waals surface area contributed by atoms with Gasteiger partial charge in [-0.2, -0.15) is 0 Å². The first-order valence-electron chi connectivity index (χ1n) is 9.97. The molecular formula is C22H29IN4O3. The molecule has 2 aromatic rings. The predicted molar refractivity (Wildman–Crippen MR) is 130 cm³/mol. The SMILES string of the molecule is CCCC(=O)Nc1cccc(CN=C(NCC)NCc2ccc3c(c2)OCO3)c1.I. The molecule has 162 valence electrons. The average molecular weight is 524 g/mol. The second-order valence-corrected chi connectivity index (χ2v) is 6.73. The Bertz CT molecular complexity index is 873. The molecule has 0 aliphatic carbocycles. The molecule has 0 saturated heterocycles. The van der Waals surface area contributed by atoms with Crippen molar-refractivity contribution in [2.45, 2.75) is 39.8 Å². The standard InChI is InChI=1S/C22H28N4O3.HI/c1-3-6-21(27)26-18-8-5-7-16(11-18)13-24-22(23-4-2)25-14-17-9-10-19-20(12-17)29-15-28-19;/h5,7-12H,3-4,6,13-15H2,1-2H3,(H,26,27)(H2,23,24,25);1H. The van der Waals surface area contributed by atoms with Gasteiger partial charge in [-0.15, -0.1) is 24.0 Å². The summed E-state index contributed by atoms with van der Waals surface area (Å²) in [6.45, 7) is 6.18.